The summed E-state index contributed by atoms with van der Waals surface area (Å²) in [5.74, 6) is 0.466. The molecule has 0 unspecified atom stereocenters. The van der Waals surface area contributed by atoms with E-state index in [1.807, 2.05) is 24.4 Å². The van der Waals surface area contributed by atoms with Gasteiger partial charge in [0.15, 0.2) is 0 Å². The number of nitrogens with zero attached hydrogens (tertiary/aromatic N) is 3. The van der Waals surface area contributed by atoms with Gasteiger partial charge in [-0.2, -0.15) is 0 Å². The molecule has 0 saturated carbocycles. The molecule has 3 nitrogen and oxygen atoms in total. The second-order valence-electron chi connectivity index (χ2n) is 6.89. The normalized spacial score (nSPS) is 11.6. The van der Waals surface area contributed by atoms with Crippen molar-refractivity contribution >= 4 is 68.7 Å². The second-order valence-corrected chi connectivity index (χ2v) is 10.4. The molecule has 0 fully saturated rings. The predicted octanol–water partition coefficient (Wildman–Crippen LogP) is 7.41. The molecular formula is C23H14Cl3N3Pt. The molecule has 30 heavy (non-hydrogen) atoms. The van der Waals surface area contributed by atoms with Crippen LogP contribution < -0.4 is 0 Å². The summed E-state index contributed by atoms with van der Waals surface area (Å²) >= 11 is 5.70. The Labute approximate surface area is 194 Å². The molecule has 0 saturated heterocycles. The minimum absolute atomic E-state index is 0.466. The molecule has 4 aromatic heterocycles. The van der Waals surface area contributed by atoms with Gasteiger partial charge in [-0.05, 0) is 52.7 Å². The number of pyridine rings is 2. The van der Waals surface area contributed by atoms with Crippen molar-refractivity contribution in [1.29, 1.82) is 0 Å². The molecule has 0 amide bonds. The third-order valence-corrected chi connectivity index (χ3v) is 5.57. The first kappa shape index (κ1) is 20.0. The van der Waals surface area contributed by atoms with Crippen LogP contribution in [-0.2, 0) is 22.4 Å². The Hall–Kier alpha value is -1.90. The van der Waals surface area contributed by atoms with E-state index in [1.54, 1.807) is 0 Å². The van der Waals surface area contributed by atoms with Gasteiger partial charge < -0.3 is 0 Å². The van der Waals surface area contributed by atoms with Gasteiger partial charge >= 0.3 is 35.3 Å². The molecule has 0 radical (unpaired) electrons. The molecule has 152 valence electrons. The number of benzene rings is 2. The van der Waals surface area contributed by atoms with E-state index >= 15 is 0 Å². The van der Waals surface area contributed by atoms with Gasteiger partial charge in [0.25, 0.3) is 0 Å². The Balaban J connectivity index is 0.000000609. The summed E-state index contributed by atoms with van der Waals surface area (Å²) in [4.78, 5) is 9.48. The number of hydrogen-bond acceptors (Lipinski definition) is 2. The topological polar surface area (TPSA) is 30.2 Å². The zero-order valence-corrected chi connectivity index (χ0v) is 20.0. The van der Waals surface area contributed by atoms with E-state index in [2.05, 4.69) is 57.9 Å². The van der Waals surface area contributed by atoms with Gasteiger partial charge in [0.2, 0.25) is 0 Å². The van der Waals surface area contributed by atoms with Crippen molar-refractivity contribution in [2.75, 3.05) is 0 Å². The average Bonchev–Trinajstić information content (AvgIpc) is 3.32. The number of rotatable bonds is 2. The molecule has 0 spiro atoms. The number of imidazole rings is 1. The van der Waals surface area contributed by atoms with Crippen LogP contribution in [0.1, 0.15) is 5.56 Å². The Kier molecular flexibility index (Phi) is 5.55. The van der Waals surface area contributed by atoms with Crippen LogP contribution in [0.2, 0.25) is 0 Å². The van der Waals surface area contributed by atoms with Crippen molar-refractivity contribution in [3.8, 4) is 11.4 Å². The Morgan fingerprint density at radius 1 is 0.867 bits per heavy atom. The van der Waals surface area contributed by atoms with Crippen molar-refractivity contribution in [3.63, 3.8) is 0 Å². The summed E-state index contributed by atoms with van der Waals surface area (Å²) in [6.07, 6.45) is 1.81. The predicted molar refractivity (Wildman–Crippen MR) is 123 cm³/mol. The zero-order chi connectivity index (χ0) is 20.7. The molecular weight excluding hydrogens is 620 g/mol. The number of aromatic nitrogens is 3. The number of hydrogen-bond donors (Lipinski definition) is 0. The second kappa shape index (κ2) is 8.32. The summed E-state index contributed by atoms with van der Waals surface area (Å²) in [7, 11) is 9.75. The van der Waals surface area contributed by atoms with E-state index in [-0.39, 0.29) is 0 Å². The van der Waals surface area contributed by atoms with Crippen LogP contribution in [-0.4, -0.2) is 14.4 Å². The molecule has 6 aromatic rings. The Morgan fingerprint density at radius 2 is 1.57 bits per heavy atom. The maximum atomic E-state index is 6.17. The molecule has 0 N–H and O–H groups in total. The van der Waals surface area contributed by atoms with E-state index < -0.39 is 16.5 Å². The summed E-state index contributed by atoms with van der Waals surface area (Å²) in [6.45, 7) is 0. The van der Waals surface area contributed by atoms with Gasteiger partial charge in [0.1, 0.15) is 11.3 Å². The van der Waals surface area contributed by atoms with Crippen LogP contribution >= 0.6 is 30.4 Å². The standard InChI is InChI=1S/C23H14ClN3.2ClH.Pt/c24-13-14-9-20-17-11-15-5-1-2-6-16(15)12-18(17)23-22(19-7-3-4-8-25-19)26-21(10-14)27(20)23;;;/h1-12H,13H2;2*1H;/q;;;+2/p-2. The fourth-order valence-corrected chi connectivity index (χ4v) is 4.23. The third kappa shape index (κ3) is 3.25. The van der Waals surface area contributed by atoms with Gasteiger partial charge in [0, 0.05) is 22.8 Å². The van der Waals surface area contributed by atoms with Crippen LogP contribution in [0.5, 0.6) is 0 Å². The molecule has 6 rings (SSSR count). The first-order valence-corrected chi connectivity index (χ1v) is 15.3. The van der Waals surface area contributed by atoms with E-state index in [4.69, 9.17) is 35.4 Å². The maximum absolute atomic E-state index is 6.17. The SMILES string of the molecule is ClCc1cc2nc(-c3ccccn3)c3c4cc5ccccc5cc4c(c1)n23.[Cl][Pt][Cl]. The summed E-state index contributed by atoms with van der Waals surface area (Å²) < 4.78 is 2.24. The van der Waals surface area contributed by atoms with Gasteiger partial charge in [-0.3, -0.25) is 9.38 Å². The van der Waals surface area contributed by atoms with Crippen molar-refractivity contribution in [2.24, 2.45) is 0 Å². The molecule has 0 aliphatic carbocycles. The molecule has 0 atom stereocenters. The molecule has 4 heterocycles. The van der Waals surface area contributed by atoms with E-state index in [0.717, 1.165) is 33.6 Å². The molecule has 0 bridgehead atoms. The fraction of sp³-hybridized carbons (Fsp3) is 0.0435. The molecule has 7 heteroatoms. The average molecular weight is 634 g/mol. The van der Waals surface area contributed by atoms with Crippen molar-refractivity contribution in [3.05, 3.63) is 78.5 Å². The van der Waals surface area contributed by atoms with Gasteiger partial charge in [0.05, 0.1) is 16.7 Å². The van der Waals surface area contributed by atoms with Crippen LogP contribution in [0.15, 0.2) is 72.9 Å². The van der Waals surface area contributed by atoms with Gasteiger partial charge in [-0.15, -0.1) is 11.6 Å². The summed E-state index contributed by atoms with van der Waals surface area (Å²) in [6, 6.07) is 23.2. The van der Waals surface area contributed by atoms with Crippen molar-refractivity contribution < 1.29 is 16.5 Å². The monoisotopic (exact) mass is 632 g/mol. The van der Waals surface area contributed by atoms with Crippen LogP contribution in [0.25, 0.3) is 49.6 Å². The fourth-order valence-electron chi connectivity index (χ4n) is 4.08. The van der Waals surface area contributed by atoms with Gasteiger partial charge in [-0.25, -0.2) is 4.98 Å². The van der Waals surface area contributed by atoms with E-state index in [9.17, 15) is 0 Å². The number of halogens is 3. The first-order chi connectivity index (χ1) is 14.7. The number of fused-ring (bicyclic) bond motifs is 4. The minimum atomic E-state index is -0.472. The van der Waals surface area contributed by atoms with Crippen molar-refractivity contribution in [2.45, 2.75) is 5.88 Å². The molecule has 0 aliphatic rings. The van der Waals surface area contributed by atoms with Gasteiger partial charge in [-0.1, -0.05) is 30.3 Å². The van der Waals surface area contributed by atoms with E-state index in [1.165, 1.54) is 21.5 Å². The Bertz CT molecular complexity index is 1480. The van der Waals surface area contributed by atoms with Crippen LogP contribution in [0.4, 0.5) is 0 Å². The van der Waals surface area contributed by atoms with Crippen LogP contribution in [0, 0.1) is 0 Å². The third-order valence-electron chi connectivity index (χ3n) is 5.26. The quantitative estimate of drug-likeness (QED) is 0.186. The number of alkyl halides is 1. The summed E-state index contributed by atoms with van der Waals surface area (Å²) in [5.41, 5.74) is 6.05. The molecule has 2 aromatic carbocycles. The van der Waals surface area contributed by atoms with Crippen LogP contribution in [0.3, 0.4) is 0 Å². The zero-order valence-electron chi connectivity index (χ0n) is 15.4. The summed E-state index contributed by atoms with van der Waals surface area (Å²) in [5, 5.41) is 4.88. The first-order valence-electron chi connectivity index (χ1n) is 9.14. The van der Waals surface area contributed by atoms with E-state index in [0.29, 0.717) is 5.88 Å². The Morgan fingerprint density at radius 3 is 2.23 bits per heavy atom. The molecule has 0 aliphatic heterocycles. The van der Waals surface area contributed by atoms with Crippen molar-refractivity contribution in [1.82, 2.24) is 14.4 Å².